The molecule has 2 rings (SSSR count). The third-order valence-electron chi connectivity index (χ3n) is 2.76. The molecule has 0 unspecified atom stereocenters. The van der Waals surface area contributed by atoms with Gasteiger partial charge in [0.25, 0.3) is 0 Å². The second-order valence-corrected chi connectivity index (χ2v) is 4.13. The molecule has 6 nitrogen and oxygen atoms in total. The lowest BCUT2D eigenvalue weighted by Crippen LogP contribution is -2.12. The van der Waals surface area contributed by atoms with Gasteiger partial charge in [0.15, 0.2) is 18.1 Å². The quantitative estimate of drug-likeness (QED) is 0.477. The van der Waals surface area contributed by atoms with E-state index in [2.05, 4.69) is 0 Å². The zero-order valence-electron chi connectivity index (χ0n) is 10.9. The maximum atomic E-state index is 11.9. The average Bonchev–Trinajstić information content (AvgIpc) is 2.52. The molecule has 0 amide bonds. The van der Waals surface area contributed by atoms with Gasteiger partial charge >= 0.3 is 5.69 Å². The maximum Gasteiger partial charge on any atom is 0.310 e. The molecule has 0 aliphatic carbocycles. The fourth-order valence-electron chi connectivity index (χ4n) is 1.69. The number of ether oxygens (including phenoxy) is 1. The Bertz CT molecular complexity index is 717. The largest absolute Gasteiger partial charge is 0.478 e. The molecular weight excluding hydrogens is 272 g/mol. The summed E-state index contributed by atoms with van der Waals surface area (Å²) in [5.41, 5.74) is 0.642. The van der Waals surface area contributed by atoms with E-state index in [1.54, 1.807) is 6.07 Å². The summed E-state index contributed by atoms with van der Waals surface area (Å²) >= 11 is 0. The molecule has 0 aromatic heterocycles. The first-order chi connectivity index (χ1) is 10.1. The molecule has 0 fully saturated rings. The van der Waals surface area contributed by atoms with Gasteiger partial charge < -0.3 is 4.74 Å². The molecule has 6 heteroatoms. The van der Waals surface area contributed by atoms with Gasteiger partial charge in [-0.2, -0.15) is 5.26 Å². The summed E-state index contributed by atoms with van der Waals surface area (Å²) in [7, 11) is 0. The van der Waals surface area contributed by atoms with Crippen LogP contribution in [0.15, 0.2) is 48.5 Å². The van der Waals surface area contributed by atoms with E-state index in [4.69, 9.17) is 10.00 Å². The highest BCUT2D eigenvalue weighted by atomic mass is 16.6. The van der Waals surface area contributed by atoms with Crippen molar-refractivity contribution < 1.29 is 14.5 Å². The average molecular weight is 282 g/mol. The third kappa shape index (κ3) is 3.42. The van der Waals surface area contributed by atoms with Crippen LogP contribution >= 0.6 is 0 Å². The fourth-order valence-corrected chi connectivity index (χ4v) is 1.69. The van der Waals surface area contributed by atoms with Crippen molar-refractivity contribution >= 4 is 11.5 Å². The lowest BCUT2D eigenvalue weighted by Gasteiger charge is -2.06. The maximum absolute atomic E-state index is 11.9. The zero-order valence-corrected chi connectivity index (χ0v) is 10.9. The van der Waals surface area contributed by atoms with Crippen LogP contribution in [-0.4, -0.2) is 17.3 Å². The van der Waals surface area contributed by atoms with Crippen molar-refractivity contribution in [1.29, 1.82) is 5.26 Å². The number of rotatable bonds is 5. The molecule has 0 N–H and O–H groups in total. The van der Waals surface area contributed by atoms with E-state index < -0.39 is 4.92 Å². The van der Waals surface area contributed by atoms with Crippen molar-refractivity contribution in [3.63, 3.8) is 0 Å². The molecule has 0 bridgehead atoms. The first-order valence-corrected chi connectivity index (χ1v) is 6.01. The van der Waals surface area contributed by atoms with Crippen molar-refractivity contribution in [1.82, 2.24) is 0 Å². The van der Waals surface area contributed by atoms with Crippen molar-refractivity contribution in [3.05, 3.63) is 69.8 Å². The Hall–Kier alpha value is -3.20. The topological polar surface area (TPSA) is 93.2 Å². The second-order valence-electron chi connectivity index (χ2n) is 4.13. The Balaban J connectivity index is 2.07. The van der Waals surface area contributed by atoms with E-state index in [9.17, 15) is 14.9 Å². The molecule has 104 valence electrons. The molecule has 0 spiro atoms. The Morgan fingerprint density at radius 3 is 2.48 bits per heavy atom. The summed E-state index contributed by atoms with van der Waals surface area (Å²) in [6.45, 7) is -0.309. The van der Waals surface area contributed by atoms with E-state index in [0.717, 1.165) is 0 Å². The van der Waals surface area contributed by atoms with Crippen LogP contribution in [0.2, 0.25) is 0 Å². The van der Waals surface area contributed by atoms with Crippen LogP contribution in [-0.2, 0) is 0 Å². The summed E-state index contributed by atoms with van der Waals surface area (Å²) < 4.78 is 5.21. The fraction of sp³-hybridized carbons (Fsp3) is 0.0667. The summed E-state index contributed by atoms with van der Waals surface area (Å²) in [5, 5.41) is 19.5. The molecular formula is C15H10N2O4. The standard InChI is InChI=1S/C15H10N2O4/c16-9-11-5-7-12(8-6-11)14(18)10-21-15-4-2-1-3-13(15)17(19)20/h1-8H,10H2. The van der Waals surface area contributed by atoms with Crippen LogP contribution in [0.1, 0.15) is 15.9 Å². The van der Waals surface area contributed by atoms with Crippen LogP contribution in [0.5, 0.6) is 5.75 Å². The number of hydrogen-bond donors (Lipinski definition) is 0. The molecule has 0 radical (unpaired) electrons. The highest BCUT2D eigenvalue weighted by Gasteiger charge is 2.15. The summed E-state index contributed by atoms with van der Waals surface area (Å²) in [6.07, 6.45) is 0. The van der Waals surface area contributed by atoms with Gasteiger partial charge in [0.1, 0.15) is 0 Å². The number of Topliss-reactive ketones (excluding diaryl/α,β-unsaturated/α-hetero) is 1. The predicted octanol–water partition coefficient (Wildman–Crippen LogP) is 2.73. The minimum Gasteiger partial charge on any atom is -0.478 e. The molecule has 0 aliphatic heterocycles. The normalized spacial score (nSPS) is 9.67. The number of ketones is 1. The number of carbonyl (C=O) groups excluding carboxylic acids is 1. The van der Waals surface area contributed by atoms with Gasteiger partial charge in [0, 0.05) is 11.6 Å². The third-order valence-corrected chi connectivity index (χ3v) is 2.76. The SMILES string of the molecule is N#Cc1ccc(C(=O)COc2ccccc2[N+](=O)[O-])cc1. The number of carbonyl (C=O) groups is 1. The van der Waals surface area contributed by atoms with Gasteiger partial charge in [-0.05, 0) is 30.3 Å². The van der Waals surface area contributed by atoms with Crippen molar-refractivity contribution in [2.24, 2.45) is 0 Å². The molecule has 0 saturated heterocycles. The van der Waals surface area contributed by atoms with Gasteiger partial charge in [-0.1, -0.05) is 12.1 Å². The predicted molar refractivity (Wildman–Crippen MR) is 74.1 cm³/mol. The number of benzene rings is 2. The minimum absolute atomic E-state index is 0.0458. The lowest BCUT2D eigenvalue weighted by atomic mass is 10.1. The van der Waals surface area contributed by atoms with Crippen molar-refractivity contribution in [3.8, 4) is 11.8 Å². The van der Waals surface area contributed by atoms with Gasteiger partial charge in [0.2, 0.25) is 0 Å². The Morgan fingerprint density at radius 1 is 1.19 bits per heavy atom. The van der Waals surface area contributed by atoms with Gasteiger partial charge in [0.05, 0.1) is 16.6 Å². The number of nitro groups is 1. The van der Waals surface area contributed by atoms with E-state index in [1.807, 2.05) is 6.07 Å². The van der Waals surface area contributed by atoms with Crippen LogP contribution in [0.25, 0.3) is 0 Å². The van der Waals surface area contributed by atoms with Gasteiger partial charge in [-0.25, -0.2) is 0 Å². The molecule has 0 saturated carbocycles. The minimum atomic E-state index is -0.568. The van der Waals surface area contributed by atoms with Crippen LogP contribution < -0.4 is 4.74 Å². The molecule has 2 aromatic rings. The first kappa shape index (κ1) is 14.2. The summed E-state index contributed by atoms with van der Waals surface area (Å²) in [6, 6.07) is 13.9. The van der Waals surface area contributed by atoms with E-state index in [1.165, 1.54) is 42.5 Å². The number of nitro benzene ring substituents is 1. The highest BCUT2D eigenvalue weighted by Crippen LogP contribution is 2.25. The smallest absolute Gasteiger partial charge is 0.310 e. The van der Waals surface area contributed by atoms with Crippen LogP contribution in [0.3, 0.4) is 0 Å². The zero-order chi connectivity index (χ0) is 15.2. The van der Waals surface area contributed by atoms with Crippen molar-refractivity contribution in [2.75, 3.05) is 6.61 Å². The van der Waals surface area contributed by atoms with E-state index in [-0.39, 0.29) is 23.8 Å². The van der Waals surface area contributed by atoms with Gasteiger partial charge in [-0.3, -0.25) is 14.9 Å². The number of nitriles is 1. The lowest BCUT2D eigenvalue weighted by molar-refractivity contribution is -0.385. The molecule has 0 aliphatic rings. The van der Waals surface area contributed by atoms with Crippen LogP contribution in [0.4, 0.5) is 5.69 Å². The molecule has 0 atom stereocenters. The number of hydrogen-bond acceptors (Lipinski definition) is 5. The van der Waals surface area contributed by atoms with Gasteiger partial charge in [-0.15, -0.1) is 0 Å². The molecule has 0 heterocycles. The first-order valence-electron chi connectivity index (χ1n) is 6.01. The Labute approximate surface area is 120 Å². The second kappa shape index (κ2) is 6.30. The van der Waals surface area contributed by atoms with E-state index in [0.29, 0.717) is 11.1 Å². The Kier molecular flexibility index (Phi) is 4.26. The number of nitrogens with zero attached hydrogens (tertiary/aromatic N) is 2. The monoisotopic (exact) mass is 282 g/mol. The highest BCUT2D eigenvalue weighted by molar-refractivity contribution is 5.97. The summed E-state index contributed by atoms with van der Waals surface area (Å²) in [4.78, 5) is 22.2. The van der Waals surface area contributed by atoms with E-state index >= 15 is 0 Å². The molecule has 21 heavy (non-hydrogen) atoms. The molecule has 2 aromatic carbocycles. The van der Waals surface area contributed by atoms with Crippen molar-refractivity contribution in [2.45, 2.75) is 0 Å². The number of para-hydroxylation sites is 2. The van der Waals surface area contributed by atoms with Crippen LogP contribution in [0, 0.1) is 21.4 Å². The summed E-state index contributed by atoms with van der Waals surface area (Å²) in [5.74, 6) is -0.276. The Morgan fingerprint density at radius 2 is 1.86 bits per heavy atom.